The van der Waals surface area contributed by atoms with Gasteiger partial charge in [-0.1, -0.05) is 41.9 Å². The zero-order chi connectivity index (χ0) is 20.5. The van der Waals surface area contributed by atoms with Gasteiger partial charge < -0.3 is 9.47 Å². The molecule has 0 saturated heterocycles. The second-order valence-electron chi connectivity index (χ2n) is 6.46. The molecule has 0 aliphatic carbocycles. The zero-order valence-corrected chi connectivity index (χ0v) is 17.8. The molecule has 1 unspecified atom stereocenters. The first-order valence-electron chi connectivity index (χ1n) is 9.08. The summed E-state index contributed by atoms with van der Waals surface area (Å²) in [5.41, 5.74) is 6.73. The van der Waals surface area contributed by atoms with Gasteiger partial charge in [0.25, 0.3) is 11.8 Å². The van der Waals surface area contributed by atoms with Crippen LogP contribution in [0.1, 0.15) is 37.3 Å². The molecule has 0 aromatic heterocycles. The normalized spacial score (nSPS) is 11.4. The highest BCUT2D eigenvalue weighted by atomic mass is 79.9. The van der Waals surface area contributed by atoms with Crippen LogP contribution in [0.2, 0.25) is 0 Å². The molecule has 2 N–H and O–H groups in total. The van der Waals surface area contributed by atoms with Crippen LogP contribution < -0.4 is 20.3 Å². The number of carbonyl (C=O) groups is 2. The fourth-order valence-corrected chi connectivity index (χ4v) is 2.88. The molecular weight excluding hydrogens is 424 g/mol. The van der Waals surface area contributed by atoms with Gasteiger partial charge >= 0.3 is 0 Å². The molecule has 0 bridgehead atoms. The van der Waals surface area contributed by atoms with Crippen molar-refractivity contribution in [3.8, 4) is 11.5 Å². The Morgan fingerprint density at radius 2 is 1.61 bits per heavy atom. The van der Waals surface area contributed by atoms with Gasteiger partial charge in [0.2, 0.25) is 0 Å². The van der Waals surface area contributed by atoms with E-state index in [2.05, 4.69) is 40.6 Å². The highest BCUT2D eigenvalue weighted by molar-refractivity contribution is 9.10. The van der Waals surface area contributed by atoms with Crippen LogP contribution in [0.15, 0.2) is 46.9 Å². The van der Waals surface area contributed by atoms with Crippen LogP contribution in [-0.2, 0) is 9.59 Å². The number of amides is 2. The van der Waals surface area contributed by atoms with Crippen molar-refractivity contribution in [2.75, 3.05) is 13.2 Å². The molecule has 1 atom stereocenters. The van der Waals surface area contributed by atoms with Crippen LogP contribution in [0.5, 0.6) is 11.5 Å². The largest absolute Gasteiger partial charge is 0.484 e. The molecule has 0 fully saturated rings. The molecule has 0 aliphatic heterocycles. The highest BCUT2D eigenvalue weighted by Gasteiger charge is 2.08. The predicted octanol–water partition coefficient (Wildman–Crippen LogP) is 3.88. The van der Waals surface area contributed by atoms with Crippen LogP contribution in [0.4, 0.5) is 0 Å². The van der Waals surface area contributed by atoms with E-state index in [-0.39, 0.29) is 13.2 Å². The average molecular weight is 449 g/mol. The summed E-state index contributed by atoms with van der Waals surface area (Å²) >= 11 is 3.37. The van der Waals surface area contributed by atoms with Gasteiger partial charge in [-0.25, -0.2) is 0 Å². The van der Waals surface area contributed by atoms with Gasteiger partial charge in [-0.15, -0.1) is 0 Å². The van der Waals surface area contributed by atoms with Crippen molar-refractivity contribution < 1.29 is 19.1 Å². The third-order valence-electron chi connectivity index (χ3n) is 4.27. The lowest BCUT2D eigenvalue weighted by atomic mass is 9.99. The number of hydrogen-bond donors (Lipinski definition) is 2. The minimum absolute atomic E-state index is 0.199. The SMILES string of the molecule is CCC(C)c1ccc(OCC(=O)NNC(=O)COc2ccc(Br)cc2C)cc1. The summed E-state index contributed by atoms with van der Waals surface area (Å²) in [6.45, 7) is 5.77. The summed E-state index contributed by atoms with van der Waals surface area (Å²) in [6.07, 6.45) is 1.06. The Hall–Kier alpha value is -2.54. The monoisotopic (exact) mass is 448 g/mol. The van der Waals surface area contributed by atoms with Crippen LogP contribution in [0.3, 0.4) is 0 Å². The molecule has 2 aromatic carbocycles. The minimum Gasteiger partial charge on any atom is -0.484 e. The van der Waals surface area contributed by atoms with Crippen molar-refractivity contribution in [2.24, 2.45) is 0 Å². The van der Waals surface area contributed by atoms with Gasteiger partial charge in [0.15, 0.2) is 13.2 Å². The first kappa shape index (κ1) is 21.8. The Bertz CT molecular complexity index is 809. The Kier molecular flexibility index (Phi) is 8.32. The third-order valence-corrected chi connectivity index (χ3v) is 4.76. The third kappa shape index (κ3) is 6.88. The molecule has 28 heavy (non-hydrogen) atoms. The van der Waals surface area contributed by atoms with Gasteiger partial charge in [0, 0.05) is 4.47 Å². The molecule has 0 heterocycles. The number of hydrazine groups is 1. The topological polar surface area (TPSA) is 76.7 Å². The molecule has 0 spiro atoms. The number of nitrogens with one attached hydrogen (secondary N) is 2. The molecule has 0 radical (unpaired) electrons. The second kappa shape index (κ2) is 10.7. The van der Waals surface area contributed by atoms with E-state index in [1.165, 1.54) is 5.56 Å². The standard InChI is InChI=1S/C21H25BrN2O4/c1-4-14(2)16-5-8-18(9-6-16)27-12-20(25)23-24-21(26)13-28-19-10-7-17(22)11-15(19)3/h5-11,14H,4,12-13H2,1-3H3,(H,23,25)(H,24,26). The van der Waals surface area contributed by atoms with E-state index in [0.717, 1.165) is 16.5 Å². The van der Waals surface area contributed by atoms with E-state index in [1.807, 2.05) is 43.3 Å². The molecule has 2 rings (SSSR count). The molecule has 150 valence electrons. The average Bonchev–Trinajstić information content (AvgIpc) is 2.69. The Labute approximate surface area is 173 Å². The summed E-state index contributed by atoms with van der Waals surface area (Å²) in [5, 5.41) is 0. The van der Waals surface area contributed by atoms with E-state index < -0.39 is 11.8 Å². The maximum Gasteiger partial charge on any atom is 0.276 e. The van der Waals surface area contributed by atoms with Gasteiger partial charge in [-0.2, -0.15) is 0 Å². The summed E-state index contributed by atoms with van der Waals surface area (Å²) in [4.78, 5) is 23.6. The van der Waals surface area contributed by atoms with Crippen molar-refractivity contribution in [3.05, 3.63) is 58.1 Å². The van der Waals surface area contributed by atoms with Crippen LogP contribution in [-0.4, -0.2) is 25.0 Å². The quantitative estimate of drug-likeness (QED) is 0.600. The maximum absolute atomic E-state index is 11.8. The van der Waals surface area contributed by atoms with Gasteiger partial charge in [-0.05, 0) is 60.7 Å². The molecular formula is C21H25BrN2O4. The van der Waals surface area contributed by atoms with Crippen molar-refractivity contribution in [1.29, 1.82) is 0 Å². The van der Waals surface area contributed by atoms with Gasteiger partial charge in [0.05, 0.1) is 0 Å². The molecule has 2 amide bonds. The summed E-state index contributed by atoms with van der Waals surface area (Å²) in [5.74, 6) is 0.764. The number of halogens is 1. The lowest BCUT2D eigenvalue weighted by molar-refractivity contribution is -0.131. The smallest absolute Gasteiger partial charge is 0.276 e. The fourth-order valence-electron chi connectivity index (χ4n) is 2.41. The van der Waals surface area contributed by atoms with E-state index in [4.69, 9.17) is 9.47 Å². The van der Waals surface area contributed by atoms with Gasteiger partial charge in [-0.3, -0.25) is 20.4 Å². The highest BCUT2D eigenvalue weighted by Crippen LogP contribution is 2.22. The number of ether oxygens (including phenoxy) is 2. The van der Waals surface area contributed by atoms with Crippen LogP contribution >= 0.6 is 15.9 Å². The van der Waals surface area contributed by atoms with Gasteiger partial charge in [0.1, 0.15) is 11.5 Å². The molecule has 2 aromatic rings. The summed E-state index contributed by atoms with van der Waals surface area (Å²) in [7, 11) is 0. The number of rotatable bonds is 8. The minimum atomic E-state index is -0.464. The summed E-state index contributed by atoms with van der Waals surface area (Å²) in [6, 6.07) is 13.1. The molecule has 7 heteroatoms. The molecule has 0 saturated carbocycles. The number of benzene rings is 2. The van der Waals surface area contributed by atoms with Crippen molar-refractivity contribution in [1.82, 2.24) is 10.9 Å². The lowest BCUT2D eigenvalue weighted by Crippen LogP contribution is -2.45. The number of carbonyl (C=O) groups excluding carboxylic acids is 2. The number of aryl methyl sites for hydroxylation is 1. The molecule has 6 nitrogen and oxygen atoms in total. The van der Waals surface area contributed by atoms with Crippen LogP contribution in [0.25, 0.3) is 0 Å². The number of hydrogen-bond acceptors (Lipinski definition) is 4. The predicted molar refractivity (Wildman–Crippen MR) is 111 cm³/mol. The van der Waals surface area contributed by atoms with E-state index in [9.17, 15) is 9.59 Å². The van der Waals surface area contributed by atoms with E-state index in [1.54, 1.807) is 6.07 Å². The Morgan fingerprint density at radius 3 is 2.18 bits per heavy atom. The Balaban J connectivity index is 1.69. The van der Waals surface area contributed by atoms with E-state index >= 15 is 0 Å². The summed E-state index contributed by atoms with van der Waals surface area (Å²) < 4.78 is 11.8. The zero-order valence-electron chi connectivity index (χ0n) is 16.3. The Morgan fingerprint density at radius 1 is 1.00 bits per heavy atom. The first-order chi connectivity index (χ1) is 13.4. The lowest BCUT2D eigenvalue weighted by Gasteiger charge is -2.12. The molecule has 0 aliphatic rings. The van der Waals surface area contributed by atoms with Crippen LogP contribution in [0, 0.1) is 6.92 Å². The second-order valence-corrected chi connectivity index (χ2v) is 7.38. The maximum atomic E-state index is 11.8. The van der Waals surface area contributed by atoms with Crippen molar-refractivity contribution in [2.45, 2.75) is 33.1 Å². The van der Waals surface area contributed by atoms with Crippen molar-refractivity contribution >= 4 is 27.7 Å². The van der Waals surface area contributed by atoms with E-state index in [0.29, 0.717) is 17.4 Å². The first-order valence-corrected chi connectivity index (χ1v) is 9.87. The van der Waals surface area contributed by atoms with Crippen molar-refractivity contribution in [3.63, 3.8) is 0 Å². The fraction of sp³-hybridized carbons (Fsp3) is 0.333.